The lowest BCUT2D eigenvalue weighted by Crippen LogP contribution is -2.40. The molecule has 3 aromatic rings. The summed E-state index contributed by atoms with van der Waals surface area (Å²) >= 11 is 0. The number of aromatic nitrogens is 3. The molecule has 2 aromatic carbocycles. The van der Waals surface area contributed by atoms with Crippen molar-refractivity contribution in [2.75, 3.05) is 11.9 Å². The Kier molecular flexibility index (Phi) is 4.04. The first-order valence-corrected chi connectivity index (χ1v) is 8.27. The molecule has 0 fully saturated rings. The van der Waals surface area contributed by atoms with Crippen LogP contribution in [0.3, 0.4) is 0 Å². The van der Waals surface area contributed by atoms with Gasteiger partial charge in [0.25, 0.3) is 5.91 Å². The SMILES string of the molecule is Cc1c(NC(=O)C2COc3ccccc3O2)cccc1-c1nncn1C. The molecule has 0 saturated carbocycles. The fraction of sp³-hybridized carbons (Fsp3) is 0.211. The van der Waals surface area contributed by atoms with E-state index in [2.05, 4.69) is 15.5 Å². The summed E-state index contributed by atoms with van der Waals surface area (Å²) in [6.07, 6.45) is 0.938. The van der Waals surface area contributed by atoms with Crippen LogP contribution in [-0.4, -0.2) is 33.4 Å². The molecule has 0 radical (unpaired) electrons. The Morgan fingerprint density at radius 2 is 2.00 bits per heavy atom. The van der Waals surface area contributed by atoms with Crippen LogP contribution in [0.15, 0.2) is 48.8 Å². The maximum atomic E-state index is 12.6. The highest BCUT2D eigenvalue weighted by Gasteiger charge is 2.27. The van der Waals surface area contributed by atoms with Crippen molar-refractivity contribution in [3.8, 4) is 22.9 Å². The molecule has 7 heteroatoms. The predicted molar refractivity (Wildman–Crippen MR) is 96.2 cm³/mol. The molecule has 0 saturated heterocycles. The Balaban J connectivity index is 1.55. The van der Waals surface area contributed by atoms with Gasteiger partial charge >= 0.3 is 0 Å². The average molecular weight is 350 g/mol. The summed E-state index contributed by atoms with van der Waals surface area (Å²) in [5.41, 5.74) is 2.53. The molecule has 1 aliphatic heterocycles. The van der Waals surface area contributed by atoms with E-state index >= 15 is 0 Å². The fourth-order valence-corrected chi connectivity index (χ4v) is 2.90. The number of rotatable bonds is 3. The topological polar surface area (TPSA) is 78.3 Å². The van der Waals surface area contributed by atoms with Gasteiger partial charge < -0.3 is 19.4 Å². The molecular weight excluding hydrogens is 332 g/mol. The van der Waals surface area contributed by atoms with Crippen LogP contribution >= 0.6 is 0 Å². The molecule has 0 spiro atoms. The molecule has 0 bridgehead atoms. The van der Waals surface area contributed by atoms with Crippen LogP contribution in [0, 0.1) is 6.92 Å². The van der Waals surface area contributed by atoms with Crippen molar-refractivity contribution >= 4 is 11.6 Å². The molecule has 2 heterocycles. The van der Waals surface area contributed by atoms with Crippen molar-refractivity contribution in [3.63, 3.8) is 0 Å². The molecule has 1 atom stereocenters. The number of nitrogens with one attached hydrogen (secondary N) is 1. The van der Waals surface area contributed by atoms with E-state index < -0.39 is 6.10 Å². The zero-order valence-electron chi connectivity index (χ0n) is 14.5. The average Bonchev–Trinajstić information content (AvgIpc) is 3.08. The van der Waals surface area contributed by atoms with Gasteiger partial charge in [-0.3, -0.25) is 4.79 Å². The smallest absolute Gasteiger partial charge is 0.269 e. The predicted octanol–water partition coefficient (Wildman–Crippen LogP) is 2.57. The molecule has 1 unspecified atom stereocenters. The molecule has 1 N–H and O–H groups in total. The van der Waals surface area contributed by atoms with Crippen molar-refractivity contribution in [1.82, 2.24) is 14.8 Å². The van der Waals surface area contributed by atoms with Crippen LogP contribution in [0.2, 0.25) is 0 Å². The molecule has 26 heavy (non-hydrogen) atoms. The van der Waals surface area contributed by atoms with Crippen LogP contribution < -0.4 is 14.8 Å². The van der Waals surface area contributed by atoms with E-state index in [1.807, 2.05) is 54.9 Å². The lowest BCUT2D eigenvalue weighted by Gasteiger charge is -2.25. The molecule has 4 rings (SSSR count). The summed E-state index contributed by atoms with van der Waals surface area (Å²) in [6.45, 7) is 2.11. The van der Waals surface area contributed by atoms with Crippen molar-refractivity contribution in [2.45, 2.75) is 13.0 Å². The molecule has 0 aliphatic carbocycles. The van der Waals surface area contributed by atoms with Crippen molar-refractivity contribution in [3.05, 3.63) is 54.4 Å². The van der Waals surface area contributed by atoms with Crippen molar-refractivity contribution in [1.29, 1.82) is 0 Å². The van der Waals surface area contributed by atoms with Crippen molar-refractivity contribution < 1.29 is 14.3 Å². The van der Waals surface area contributed by atoms with Gasteiger partial charge in [-0.1, -0.05) is 24.3 Å². The highest BCUT2D eigenvalue weighted by Crippen LogP contribution is 2.32. The van der Waals surface area contributed by atoms with Crippen molar-refractivity contribution in [2.24, 2.45) is 7.05 Å². The minimum atomic E-state index is -0.706. The zero-order valence-corrected chi connectivity index (χ0v) is 14.5. The van der Waals surface area contributed by atoms with E-state index in [4.69, 9.17) is 9.47 Å². The van der Waals surface area contributed by atoms with Gasteiger partial charge in [-0.2, -0.15) is 0 Å². The summed E-state index contributed by atoms with van der Waals surface area (Å²) in [4.78, 5) is 12.6. The van der Waals surface area contributed by atoms with Gasteiger partial charge in [0.05, 0.1) is 0 Å². The van der Waals surface area contributed by atoms with Gasteiger partial charge in [0.15, 0.2) is 17.3 Å². The number of hydrogen-bond donors (Lipinski definition) is 1. The number of ether oxygens (including phenoxy) is 2. The number of aryl methyl sites for hydroxylation is 1. The Morgan fingerprint density at radius 3 is 2.77 bits per heavy atom. The molecule has 1 aromatic heterocycles. The number of anilines is 1. The fourth-order valence-electron chi connectivity index (χ4n) is 2.90. The lowest BCUT2D eigenvalue weighted by molar-refractivity contribution is -0.125. The lowest BCUT2D eigenvalue weighted by atomic mass is 10.1. The Labute approximate surface area is 150 Å². The summed E-state index contributed by atoms with van der Waals surface area (Å²) in [6, 6.07) is 13.0. The van der Waals surface area contributed by atoms with E-state index in [9.17, 15) is 4.79 Å². The van der Waals surface area contributed by atoms with E-state index in [1.54, 1.807) is 12.4 Å². The Bertz CT molecular complexity index is 967. The van der Waals surface area contributed by atoms with Gasteiger partial charge in [-0.15, -0.1) is 10.2 Å². The molecule has 132 valence electrons. The zero-order chi connectivity index (χ0) is 18.1. The minimum Gasteiger partial charge on any atom is -0.485 e. The van der Waals surface area contributed by atoms with Crippen LogP contribution in [0.1, 0.15) is 5.56 Å². The van der Waals surface area contributed by atoms with Crippen LogP contribution in [0.4, 0.5) is 5.69 Å². The van der Waals surface area contributed by atoms with E-state index in [0.717, 1.165) is 17.0 Å². The largest absolute Gasteiger partial charge is 0.485 e. The molecule has 1 aliphatic rings. The summed E-state index contributed by atoms with van der Waals surface area (Å²) < 4.78 is 13.2. The van der Waals surface area contributed by atoms with Gasteiger partial charge in [-0.25, -0.2) is 0 Å². The highest BCUT2D eigenvalue weighted by atomic mass is 16.6. The third-order valence-electron chi connectivity index (χ3n) is 4.34. The maximum absolute atomic E-state index is 12.6. The normalized spacial score (nSPS) is 15.5. The number of benzene rings is 2. The second kappa shape index (κ2) is 6.51. The Morgan fingerprint density at radius 1 is 1.19 bits per heavy atom. The summed E-state index contributed by atoms with van der Waals surface area (Å²) in [7, 11) is 1.88. The quantitative estimate of drug-likeness (QED) is 0.785. The number of carbonyl (C=O) groups is 1. The standard InChI is InChI=1S/C19H18N4O3/c1-12-13(18-22-20-11-23(18)2)6-5-7-14(12)21-19(24)17-10-25-15-8-3-4-9-16(15)26-17/h3-9,11,17H,10H2,1-2H3,(H,21,24). The van der Waals surface area contributed by atoms with E-state index in [0.29, 0.717) is 17.2 Å². The molecular formula is C19H18N4O3. The molecule has 7 nitrogen and oxygen atoms in total. The first-order chi connectivity index (χ1) is 12.6. The number of nitrogens with zero attached hydrogens (tertiary/aromatic N) is 3. The second-order valence-electron chi connectivity index (χ2n) is 6.10. The first-order valence-electron chi connectivity index (χ1n) is 8.27. The van der Waals surface area contributed by atoms with Gasteiger partial charge in [0.2, 0.25) is 6.10 Å². The van der Waals surface area contributed by atoms with Gasteiger partial charge in [0, 0.05) is 18.3 Å². The number of carbonyl (C=O) groups excluding carboxylic acids is 1. The number of amides is 1. The third kappa shape index (κ3) is 2.88. The van der Waals surface area contributed by atoms with Gasteiger partial charge in [0.1, 0.15) is 12.9 Å². The van der Waals surface area contributed by atoms with Crippen LogP contribution in [0.25, 0.3) is 11.4 Å². The minimum absolute atomic E-state index is 0.171. The maximum Gasteiger partial charge on any atom is 0.269 e. The highest BCUT2D eigenvalue weighted by molar-refractivity contribution is 5.96. The monoisotopic (exact) mass is 350 g/mol. The summed E-state index contributed by atoms with van der Waals surface area (Å²) in [5.74, 6) is 1.71. The summed E-state index contributed by atoms with van der Waals surface area (Å²) in [5, 5.41) is 11.0. The van der Waals surface area contributed by atoms with Gasteiger partial charge in [-0.05, 0) is 30.7 Å². The number of para-hydroxylation sites is 2. The Hall–Kier alpha value is -3.35. The van der Waals surface area contributed by atoms with Crippen LogP contribution in [-0.2, 0) is 11.8 Å². The molecule has 1 amide bonds. The number of fused-ring (bicyclic) bond motifs is 1. The second-order valence-corrected chi connectivity index (χ2v) is 6.10. The third-order valence-corrected chi connectivity index (χ3v) is 4.34. The van der Waals surface area contributed by atoms with E-state index in [-0.39, 0.29) is 12.5 Å². The van der Waals surface area contributed by atoms with E-state index in [1.165, 1.54) is 0 Å². The first kappa shape index (κ1) is 16.1. The number of hydrogen-bond acceptors (Lipinski definition) is 5. The van der Waals surface area contributed by atoms with Crippen LogP contribution in [0.5, 0.6) is 11.5 Å².